The minimum Gasteiger partial charge on any atom is -0.494 e. The van der Waals surface area contributed by atoms with Gasteiger partial charge in [0.1, 0.15) is 17.3 Å². The Kier molecular flexibility index (Phi) is 6.00. The normalized spacial score (nSPS) is 10.7. The van der Waals surface area contributed by atoms with Crippen molar-refractivity contribution in [3.05, 3.63) is 59.7 Å². The summed E-state index contributed by atoms with van der Waals surface area (Å²) < 4.78 is 19.9. The maximum absolute atomic E-state index is 13.1. The molecular formula is C19H15FN6O2S2. The van der Waals surface area contributed by atoms with Crippen LogP contribution in [0.25, 0.3) is 16.9 Å². The molecule has 2 aromatic heterocycles. The zero-order valence-corrected chi connectivity index (χ0v) is 17.3. The van der Waals surface area contributed by atoms with E-state index in [-0.39, 0.29) is 17.5 Å². The number of anilines is 1. The fourth-order valence-corrected chi connectivity index (χ4v) is 4.01. The van der Waals surface area contributed by atoms with Crippen LogP contribution in [0.3, 0.4) is 0 Å². The van der Waals surface area contributed by atoms with Crippen LogP contribution < -0.4 is 10.1 Å². The first-order valence-corrected chi connectivity index (χ1v) is 10.6. The van der Waals surface area contributed by atoms with Crippen molar-refractivity contribution < 1.29 is 13.9 Å². The van der Waals surface area contributed by atoms with Gasteiger partial charge in [-0.3, -0.25) is 4.79 Å². The summed E-state index contributed by atoms with van der Waals surface area (Å²) in [5.41, 5.74) is 2.12. The Hall–Kier alpha value is -3.31. The maximum Gasteiger partial charge on any atom is 0.236 e. The van der Waals surface area contributed by atoms with E-state index in [0.717, 1.165) is 5.56 Å². The summed E-state index contributed by atoms with van der Waals surface area (Å²) in [6, 6.07) is 13.4. The van der Waals surface area contributed by atoms with Gasteiger partial charge in [0.25, 0.3) is 0 Å². The number of amides is 1. The van der Waals surface area contributed by atoms with Crippen molar-refractivity contribution in [1.29, 1.82) is 0 Å². The zero-order valence-electron chi connectivity index (χ0n) is 15.7. The van der Waals surface area contributed by atoms with Gasteiger partial charge in [-0.2, -0.15) is 4.68 Å². The summed E-state index contributed by atoms with van der Waals surface area (Å²) in [7, 11) is 1.57. The molecule has 2 heterocycles. The van der Waals surface area contributed by atoms with E-state index < -0.39 is 0 Å². The van der Waals surface area contributed by atoms with E-state index in [1.54, 1.807) is 30.7 Å². The van der Waals surface area contributed by atoms with Crippen LogP contribution in [-0.4, -0.2) is 44.0 Å². The van der Waals surface area contributed by atoms with Gasteiger partial charge >= 0.3 is 0 Å². The van der Waals surface area contributed by atoms with E-state index in [1.807, 2.05) is 18.2 Å². The number of hydrogen-bond donors (Lipinski definition) is 1. The number of para-hydroxylation sites is 2. The molecule has 4 aromatic rings. The van der Waals surface area contributed by atoms with Crippen molar-refractivity contribution in [2.24, 2.45) is 0 Å². The van der Waals surface area contributed by atoms with Crippen LogP contribution in [0.15, 0.2) is 59.1 Å². The first-order chi connectivity index (χ1) is 14.6. The van der Waals surface area contributed by atoms with Crippen molar-refractivity contribution in [2.45, 2.75) is 5.16 Å². The van der Waals surface area contributed by atoms with E-state index in [2.05, 4.69) is 25.8 Å². The smallest absolute Gasteiger partial charge is 0.236 e. The van der Waals surface area contributed by atoms with Crippen molar-refractivity contribution in [2.75, 3.05) is 18.2 Å². The summed E-state index contributed by atoms with van der Waals surface area (Å²) in [4.78, 5) is 16.7. The molecule has 0 saturated carbocycles. The lowest BCUT2D eigenvalue weighted by Gasteiger charge is -2.08. The van der Waals surface area contributed by atoms with Gasteiger partial charge in [0.2, 0.25) is 11.1 Å². The van der Waals surface area contributed by atoms with E-state index in [4.69, 9.17) is 4.74 Å². The molecule has 11 heteroatoms. The average Bonchev–Trinajstić information content (AvgIpc) is 3.42. The topological polar surface area (TPSA) is 94.8 Å². The predicted octanol–water partition coefficient (Wildman–Crippen LogP) is 3.66. The van der Waals surface area contributed by atoms with Crippen molar-refractivity contribution >= 4 is 34.1 Å². The molecule has 0 saturated heterocycles. The lowest BCUT2D eigenvalue weighted by Crippen LogP contribution is -2.14. The molecule has 0 bridgehead atoms. The quantitative estimate of drug-likeness (QED) is 0.437. The Balaban J connectivity index is 1.40. The second kappa shape index (κ2) is 9.01. The number of nitrogens with zero attached hydrogens (tertiary/aromatic N) is 5. The third-order valence-corrected chi connectivity index (χ3v) is 5.65. The number of thioether (sulfide) groups is 1. The Morgan fingerprint density at radius 2 is 2.03 bits per heavy atom. The van der Waals surface area contributed by atoms with Gasteiger partial charge < -0.3 is 10.1 Å². The molecule has 0 spiro atoms. The monoisotopic (exact) mass is 442 g/mol. The highest BCUT2D eigenvalue weighted by molar-refractivity contribution is 7.99. The molecule has 0 aliphatic rings. The minimum atomic E-state index is -0.310. The molecule has 0 fully saturated rings. The molecular weight excluding hydrogens is 427 g/mol. The van der Waals surface area contributed by atoms with E-state index in [9.17, 15) is 9.18 Å². The standard InChI is InChI=1S/C19H15FN6O2S2/c1-28-16-5-3-2-4-15(16)26-19(23-24-25-26)30-11-17(27)22-18-21-14(10-29-18)12-6-8-13(20)9-7-12/h2-10H,11H2,1H3,(H,21,22,27). The van der Waals surface area contributed by atoms with Crippen LogP contribution in [0.2, 0.25) is 0 Å². The van der Waals surface area contributed by atoms with E-state index in [1.165, 1.54) is 39.9 Å². The number of carbonyl (C=O) groups excluding carboxylic acids is 1. The Morgan fingerprint density at radius 1 is 1.23 bits per heavy atom. The molecule has 0 atom stereocenters. The van der Waals surface area contributed by atoms with Crippen molar-refractivity contribution in [3.8, 4) is 22.7 Å². The third-order valence-electron chi connectivity index (χ3n) is 3.98. The lowest BCUT2D eigenvalue weighted by atomic mass is 10.2. The summed E-state index contributed by atoms with van der Waals surface area (Å²) in [5, 5.41) is 17.2. The van der Waals surface area contributed by atoms with Crippen LogP contribution in [-0.2, 0) is 4.79 Å². The summed E-state index contributed by atoms with van der Waals surface area (Å²) in [6.07, 6.45) is 0. The number of ether oxygens (including phenoxy) is 1. The highest BCUT2D eigenvalue weighted by Gasteiger charge is 2.15. The summed E-state index contributed by atoms with van der Waals surface area (Å²) in [5.74, 6) is 0.165. The minimum absolute atomic E-state index is 0.0982. The van der Waals surface area contributed by atoms with Gasteiger partial charge in [-0.05, 0) is 46.8 Å². The van der Waals surface area contributed by atoms with Crippen molar-refractivity contribution in [3.63, 3.8) is 0 Å². The number of tetrazole rings is 1. The first-order valence-electron chi connectivity index (χ1n) is 8.70. The fraction of sp³-hybridized carbons (Fsp3) is 0.105. The third kappa shape index (κ3) is 4.47. The van der Waals surface area contributed by atoms with E-state index >= 15 is 0 Å². The number of aromatic nitrogens is 5. The number of halogens is 1. The van der Waals surface area contributed by atoms with Crippen LogP contribution in [0.4, 0.5) is 9.52 Å². The van der Waals surface area contributed by atoms with Gasteiger partial charge in [-0.25, -0.2) is 9.37 Å². The van der Waals surface area contributed by atoms with Crippen LogP contribution >= 0.6 is 23.1 Å². The predicted molar refractivity (Wildman–Crippen MR) is 113 cm³/mol. The van der Waals surface area contributed by atoms with Crippen LogP contribution in [0.1, 0.15) is 0 Å². The Labute approximate surface area is 179 Å². The number of methoxy groups -OCH3 is 1. The average molecular weight is 443 g/mol. The molecule has 4 rings (SSSR count). The number of rotatable bonds is 7. The molecule has 152 valence electrons. The maximum atomic E-state index is 13.1. The van der Waals surface area contributed by atoms with Gasteiger partial charge in [0.15, 0.2) is 5.13 Å². The fourth-order valence-electron chi connectivity index (χ4n) is 2.59. The first kappa shape index (κ1) is 20.0. The van der Waals surface area contributed by atoms with Crippen LogP contribution in [0, 0.1) is 5.82 Å². The van der Waals surface area contributed by atoms with Gasteiger partial charge in [-0.15, -0.1) is 16.4 Å². The number of benzene rings is 2. The highest BCUT2D eigenvalue weighted by Crippen LogP contribution is 2.27. The number of nitrogens with one attached hydrogen (secondary N) is 1. The second-order valence-electron chi connectivity index (χ2n) is 5.93. The number of hydrogen-bond acceptors (Lipinski definition) is 8. The molecule has 8 nitrogen and oxygen atoms in total. The number of thiazole rings is 1. The molecule has 2 aromatic carbocycles. The zero-order chi connectivity index (χ0) is 20.9. The molecule has 30 heavy (non-hydrogen) atoms. The molecule has 1 N–H and O–H groups in total. The van der Waals surface area contributed by atoms with Gasteiger partial charge in [0, 0.05) is 10.9 Å². The molecule has 0 aliphatic carbocycles. The molecule has 1 amide bonds. The summed E-state index contributed by atoms with van der Waals surface area (Å²) in [6.45, 7) is 0. The lowest BCUT2D eigenvalue weighted by molar-refractivity contribution is -0.113. The summed E-state index contributed by atoms with van der Waals surface area (Å²) >= 11 is 2.49. The highest BCUT2D eigenvalue weighted by atomic mass is 32.2. The Morgan fingerprint density at radius 3 is 2.83 bits per heavy atom. The van der Waals surface area contributed by atoms with Crippen LogP contribution in [0.5, 0.6) is 5.75 Å². The molecule has 0 unspecified atom stereocenters. The SMILES string of the molecule is COc1ccccc1-n1nnnc1SCC(=O)Nc1nc(-c2ccc(F)cc2)cs1. The van der Waals surface area contributed by atoms with Gasteiger partial charge in [0.05, 0.1) is 18.6 Å². The largest absolute Gasteiger partial charge is 0.494 e. The second-order valence-corrected chi connectivity index (χ2v) is 7.73. The van der Waals surface area contributed by atoms with E-state index in [0.29, 0.717) is 27.4 Å². The van der Waals surface area contributed by atoms with Gasteiger partial charge in [-0.1, -0.05) is 23.9 Å². The number of carbonyl (C=O) groups is 1. The van der Waals surface area contributed by atoms with Crippen molar-refractivity contribution in [1.82, 2.24) is 25.2 Å². The molecule has 0 aliphatic heterocycles. The Bertz CT molecular complexity index is 1160. The molecule has 0 radical (unpaired) electrons.